The number of ether oxygens (including phenoxy) is 1. The molecular weight excluding hydrogens is 459 g/mol. The molecule has 1 aromatic carbocycles. The number of fused-ring (bicyclic) bond motifs is 3. The van der Waals surface area contributed by atoms with Gasteiger partial charge in [-0.05, 0) is 48.9 Å². The number of alkyl halides is 3. The maximum Gasteiger partial charge on any atom is 0.433 e. The van der Waals surface area contributed by atoms with Gasteiger partial charge in [-0.2, -0.15) is 13.2 Å². The largest absolute Gasteiger partial charge is 0.497 e. The lowest BCUT2D eigenvalue weighted by Crippen LogP contribution is -2.22. The van der Waals surface area contributed by atoms with Crippen LogP contribution in [0.5, 0.6) is 5.75 Å². The molecular formula is C25H20F3N5O2. The summed E-state index contributed by atoms with van der Waals surface area (Å²) in [5.41, 5.74) is 0.580. The second kappa shape index (κ2) is 8.23. The van der Waals surface area contributed by atoms with Crippen LogP contribution in [0.3, 0.4) is 0 Å². The van der Waals surface area contributed by atoms with E-state index in [1.165, 1.54) is 10.6 Å². The van der Waals surface area contributed by atoms with E-state index in [0.717, 1.165) is 11.6 Å². The summed E-state index contributed by atoms with van der Waals surface area (Å²) < 4.78 is 48.7. The van der Waals surface area contributed by atoms with E-state index in [-0.39, 0.29) is 11.2 Å². The van der Waals surface area contributed by atoms with Crippen molar-refractivity contribution in [3.63, 3.8) is 0 Å². The molecule has 0 spiro atoms. The number of hydrogen-bond donors (Lipinski definition) is 0. The molecule has 4 heterocycles. The molecule has 0 saturated carbocycles. The average Bonchev–Trinajstić information content (AvgIpc) is 3.16. The maximum absolute atomic E-state index is 13.7. The first-order valence-electron chi connectivity index (χ1n) is 10.7. The highest BCUT2D eigenvalue weighted by Crippen LogP contribution is 2.32. The van der Waals surface area contributed by atoms with E-state index in [2.05, 4.69) is 15.0 Å². The van der Waals surface area contributed by atoms with Crippen LogP contribution >= 0.6 is 0 Å². The van der Waals surface area contributed by atoms with Gasteiger partial charge in [-0.25, -0.2) is 9.97 Å². The molecule has 0 amide bonds. The number of halogens is 3. The minimum absolute atomic E-state index is 0.104. The van der Waals surface area contributed by atoms with Crippen LogP contribution in [0.2, 0.25) is 0 Å². The minimum atomic E-state index is -4.67. The van der Waals surface area contributed by atoms with Crippen LogP contribution in [0, 0.1) is 6.92 Å². The molecule has 0 saturated heterocycles. The lowest BCUT2D eigenvalue weighted by Gasteiger charge is -2.14. The summed E-state index contributed by atoms with van der Waals surface area (Å²) in [7, 11) is 3.32. The first-order valence-corrected chi connectivity index (χ1v) is 10.7. The van der Waals surface area contributed by atoms with Crippen LogP contribution in [0.25, 0.3) is 27.8 Å². The zero-order chi connectivity index (χ0) is 24.9. The molecule has 0 unspecified atom stereocenters. The van der Waals surface area contributed by atoms with Gasteiger partial charge in [0, 0.05) is 25.1 Å². The highest BCUT2D eigenvalue weighted by Gasteiger charge is 2.33. The molecule has 0 aliphatic rings. The summed E-state index contributed by atoms with van der Waals surface area (Å²) in [6, 6.07) is 12.9. The third-order valence-corrected chi connectivity index (χ3v) is 5.97. The molecule has 0 bridgehead atoms. The third kappa shape index (κ3) is 3.80. The van der Waals surface area contributed by atoms with Crippen molar-refractivity contribution in [2.24, 2.45) is 7.05 Å². The number of methoxy groups -OCH3 is 1. The Morgan fingerprint density at radius 3 is 2.43 bits per heavy atom. The van der Waals surface area contributed by atoms with E-state index in [1.807, 2.05) is 24.3 Å². The van der Waals surface area contributed by atoms with Crippen molar-refractivity contribution in [1.82, 2.24) is 24.1 Å². The molecule has 5 rings (SSSR count). The van der Waals surface area contributed by atoms with Crippen molar-refractivity contribution < 1.29 is 17.9 Å². The highest BCUT2D eigenvalue weighted by atomic mass is 19.4. The number of nitrogens with zero attached hydrogens (tertiary/aromatic N) is 5. The fourth-order valence-corrected chi connectivity index (χ4v) is 4.19. The molecule has 0 N–H and O–H groups in total. The van der Waals surface area contributed by atoms with Gasteiger partial charge in [-0.15, -0.1) is 0 Å². The minimum Gasteiger partial charge on any atom is -0.497 e. The molecule has 35 heavy (non-hydrogen) atoms. The molecule has 0 fully saturated rings. The van der Waals surface area contributed by atoms with Crippen LogP contribution in [-0.2, 0) is 19.6 Å². The summed E-state index contributed by atoms with van der Waals surface area (Å²) in [6.07, 6.45) is -2.71. The number of imidazole rings is 1. The van der Waals surface area contributed by atoms with Crippen molar-refractivity contribution in [1.29, 1.82) is 0 Å². The maximum atomic E-state index is 13.7. The second-order valence-corrected chi connectivity index (χ2v) is 8.12. The summed E-state index contributed by atoms with van der Waals surface area (Å²) in [4.78, 5) is 26.4. The van der Waals surface area contributed by atoms with E-state index < -0.39 is 17.4 Å². The Bertz CT molecular complexity index is 1640. The molecule has 0 aliphatic carbocycles. The first-order chi connectivity index (χ1) is 16.7. The topological polar surface area (TPSA) is 74.8 Å². The Kier molecular flexibility index (Phi) is 5.31. The average molecular weight is 479 g/mol. The standard InChI is InChI=1S/C25H20F3N5O2/c1-14-18(5-4-12-29-14)33-23-17(10-11-19(30-23)25(26,27)28)22-21(24(33)34)31-20(32(22)2)13-15-6-8-16(35-3)9-7-15/h4-12H,13H2,1-3H3. The van der Waals surface area contributed by atoms with Gasteiger partial charge in [0.15, 0.2) is 5.52 Å². The van der Waals surface area contributed by atoms with Crippen LogP contribution < -0.4 is 10.3 Å². The van der Waals surface area contributed by atoms with Crippen molar-refractivity contribution in [3.8, 4) is 11.4 Å². The smallest absolute Gasteiger partial charge is 0.433 e. The van der Waals surface area contributed by atoms with Crippen LogP contribution in [-0.4, -0.2) is 31.2 Å². The second-order valence-electron chi connectivity index (χ2n) is 8.12. The summed E-state index contributed by atoms with van der Waals surface area (Å²) in [6.45, 7) is 1.68. The van der Waals surface area contributed by atoms with E-state index in [4.69, 9.17) is 4.74 Å². The predicted molar refractivity (Wildman–Crippen MR) is 125 cm³/mol. The zero-order valence-corrected chi connectivity index (χ0v) is 19.1. The number of aryl methyl sites for hydroxylation is 2. The van der Waals surface area contributed by atoms with Crippen molar-refractivity contribution >= 4 is 22.1 Å². The lowest BCUT2D eigenvalue weighted by molar-refractivity contribution is -0.141. The molecule has 7 nitrogen and oxygen atoms in total. The van der Waals surface area contributed by atoms with Gasteiger partial charge < -0.3 is 9.30 Å². The molecule has 0 atom stereocenters. The molecule has 4 aromatic heterocycles. The van der Waals surface area contributed by atoms with Crippen LogP contribution in [0.15, 0.2) is 59.5 Å². The van der Waals surface area contributed by atoms with Crippen molar-refractivity contribution in [2.75, 3.05) is 7.11 Å². The highest BCUT2D eigenvalue weighted by molar-refractivity contribution is 6.02. The monoisotopic (exact) mass is 479 g/mol. The van der Waals surface area contributed by atoms with Crippen LogP contribution in [0.1, 0.15) is 22.8 Å². The van der Waals surface area contributed by atoms with E-state index in [9.17, 15) is 18.0 Å². The van der Waals surface area contributed by atoms with Gasteiger partial charge in [0.2, 0.25) is 0 Å². The number of pyridine rings is 3. The molecule has 0 aliphatic heterocycles. The SMILES string of the molecule is COc1ccc(Cc2nc3c(=O)n(-c4cccnc4C)c4nc(C(F)(F)F)ccc4c3n2C)cc1. The molecule has 178 valence electrons. The van der Waals surface area contributed by atoms with E-state index >= 15 is 0 Å². The van der Waals surface area contributed by atoms with Gasteiger partial charge in [0.1, 0.15) is 22.9 Å². The Morgan fingerprint density at radius 1 is 1.03 bits per heavy atom. The number of hydrogen-bond acceptors (Lipinski definition) is 5. The van der Waals surface area contributed by atoms with Gasteiger partial charge in [-0.1, -0.05) is 12.1 Å². The van der Waals surface area contributed by atoms with Crippen molar-refractivity contribution in [3.05, 3.63) is 87.9 Å². The Hall–Kier alpha value is -4.21. The fraction of sp³-hybridized carbons (Fsp3) is 0.200. The predicted octanol–water partition coefficient (Wildman–Crippen LogP) is 4.59. The lowest BCUT2D eigenvalue weighted by atomic mass is 10.1. The van der Waals surface area contributed by atoms with E-state index in [1.54, 1.807) is 44.0 Å². The summed E-state index contributed by atoms with van der Waals surface area (Å²) in [5, 5.41) is 0.381. The molecule has 0 radical (unpaired) electrons. The quantitative estimate of drug-likeness (QED) is 0.377. The van der Waals surface area contributed by atoms with Crippen molar-refractivity contribution in [2.45, 2.75) is 19.5 Å². The third-order valence-electron chi connectivity index (χ3n) is 5.97. The number of rotatable bonds is 4. The van der Waals surface area contributed by atoms with E-state index in [0.29, 0.717) is 40.3 Å². The Morgan fingerprint density at radius 2 is 1.77 bits per heavy atom. The zero-order valence-electron chi connectivity index (χ0n) is 19.1. The molecule has 10 heteroatoms. The Balaban J connectivity index is 1.81. The van der Waals surface area contributed by atoms with Gasteiger partial charge in [-0.3, -0.25) is 14.3 Å². The number of aromatic nitrogens is 5. The fourth-order valence-electron chi connectivity index (χ4n) is 4.19. The first kappa shape index (κ1) is 22.6. The Labute approximate surface area is 197 Å². The summed E-state index contributed by atoms with van der Waals surface area (Å²) >= 11 is 0. The number of benzene rings is 1. The van der Waals surface area contributed by atoms with Gasteiger partial charge in [0.05, 0.1) is 24.0 Å². The van der Waals surface area contributed by atoms with Gasteiger partial charge >= 0.3 is 6.18 Å². The summed E-state index contributed by atoms with van der Waals surface area (Å²) in [5.74, 6) is 1.30. The molecule has 5 aromatic rings. The van der Waals surface area contributed by atoms with Gasteiger partial charge in [0.25, 0.3) is 5.56 Å². The normalized spacial score (nSPS) is 11.9. The van der Waals surface area contributed by atoms with Crippen LogP contribution in [0.4, 0.5) is 13.2 Å².